The van der Waals surface area contributed by atoms with Gasteiger partial charge in [0, 0.05) is 24.1 Å². The second-order valence-corrected chi connectivity index (χ2v) is 9.03. The van der Waals surface area contributed by atoms with Crippen molar-refractivity contribution in [2.75, 3.05) is 4.90 Å². The predicted molar refractivity (Wildman–Crippen MR) is 122 cm³/mol. The van der Waals surface area contributed by atoms with E-state index in [2.05, 4.69) is 15.3 Å². The number of nitrogens with zero attached hydrogens (tertiary/aromatic N) is 3. The number of thiazole rings is 1. The molecule has 160 valence electrons. The minimum atomic E-state index is -0.805. The molecule has 1 aliphatic carbocycles. The van der Waals surface area contributed by atoms with Crippen molar-refractivity contribution in [2.24, 2.45) is 0 Å². The van der Waals surface area contributed by atoms with Crippen molar-refractivity contribution in [1.29, 1.82) is 0 Å². The lowest BCUT2D eigenvalue weighted by Gasteiger charge is -2.32. The summed E-state index contributed by atoms with van der Waals surface area (Å²) in [5, 5.41) is 4.01. The molecule has 2 heterocycles. The highest BCUT2D eigenvalue weighted by Gasteiger charge is 2.36. The van der Waals surface area contributed by atoms with Crippen LogP contribution in [0.15, 0.2) is 54.9 Å². The molecule has 1 fully saturated rings. The zero-order valence-corrected chi connectivity index (χ0v) is 18.6. The normalized spacial score (nSPS) is 14.9. The van der Waals surface area contributed by atoms with Crippen LogP contribution in [0.5, 0.6) is 0 Å². The van der Waals surface area contributed by atoms with Crippen molar-refractivity contribution >= 4 is 28.8 Å². The van der Waals surface area contributed by atoms with Gasteiger partial charge in [-0.05, 0) is 56.5 Å². The summed E-state index contributed by atoms with van der Waals surface area (Å²) in [7, 11) is 0. The van der Waals surface area contributed by atoms with Gasteiger partial charge in [0.25, 0.3) is 5.91 Å². The van der Waals surface area contributed by atoms with E-state index in [1.54, 1.807) is 29.4 Å². The van der Waals surface area contributed by atoms with Gasteiger partial charge in [-0.25, -0.2) is 4.98 Å². The monoisotopic (exact) mass is 434 g/mol. The molecule has 0 spiro atoms. The second-order valence-electron chi connectivity index (χ2n) is 7.83. The van der Waals surface area contributed by atoms with Crippen molar-refractivity contribution in [3.63, 3.8) is 0 Å². The number of aromatic nitrogens is 2. The zero-order chi connectivity index (χ0) is 21.8. The molecule has 1 N–H and O–H groups in total. The highest BCUT2D eigenvalue weighted by atomic mass is 32.1. The summed E-state index contributed by atoms with van der Waals surface area (Å²) in [6.07, 6.45) is 7.49. The van der Waals surface area contributed by atoms with E-state index in [1.165, 1.54) is 11.3 Å². The van der Waals surface area contributed by atoms with Gasteiger partial charge in [-0.3, -0.25) is 19.5 Å². The molecule has 6 nitrogen and oxygen atoms in total. The molecule has 0 radical (unpaired) electrons. The fourth-order valence-electron chi connectivity index (χ4n) is 4.13. The third kappa shape index (κ3) is 4.66. The number of nitrogens with one attached hydrogen (secondary N) is 1. The molecule has 1 aromatic carbocycles. The molecule has 7 heteroatoms. The SMILES string of the molecule is Cc1nc(C)c(C(=O)N(c2ccccc2)[C@@H](C(=O)NC2CCCC2)c2ccncc2)s1. The lowest BCUT2D eigenvalue weighted by atomic mass is 10.0. The Kier molecular flexibility index (Phi) is 6.42. The van der Waals surface area contributed by atoms with E-state index < -0.39 is 6.04 Å². The van der Waals surface area contributed by atoms with E-state index in [-0.39, 0.29) is 17.9 Å². The number of aryl methyl sites for hydroxylation is 2. The topological polar surface area (TPSA) is 75.2 Å². The molecule has 2 aromatic heterocycles. The number of amides is 2. The standard InChI is InChI=1S/C24H26N4O2S/c1-16-22(31-17(2)26-16)24(30)28(20-10-4-3-5-11-20)21(18-12-14-25-15-13-18)23(29)27-19-8-6-7-9-19/h3-5,10-15,19,21H,6-9H2,1-2H3,(H,27,29)/t21-/m1/s1. The minimum absolute atomic E-state index is 0.150. The molecule has 1 aliphatic rings. The average Bonchev–Trinajstić information content (AvgIpc) is 3.41. The van der Waals surface area contributed by atoms with Crippen molar-refractivity contribution in [2.45, 2.75) is 51.6 Å². The maximum absolute atomic E-state index is 13.8. The first-order valence-corrected chi connectivity index (χ1v) is 11.4. The molecule has 31 heavy (non-hydrogen) atoms. The lowest BCUT2D eigenvalue weighted by Crippen LogP contribution is -2.46. The number of rotatable bonds is 6. The van der Waals surface area contributed by atoms with Crippen molar-refractivity contribution in [3.8, 4) is 0 Å². The number of carbonyl (C=O) groups is 2. The highest BCUT2D eigenvalue weighted by Crippen LogP contribution is 2.32. The zero-order valence-electron chi connectivity index (χ0n) is 17.7. The number of benzene rings is 1. The van der Waals surface area contributed by atoms with Crippen LogP contribution >= 0.6 is 11.3 Å². The van der Waals surface area contributed by atoms with Gasteiger partial charge in [0.15, 0.2) is 0 Å². The molecule has 0 unspecified atom stereocenters. The first kappa shape index (κ1) is 21.2. The van der Waals surface area contributed by atoms with Gasteiger partial charge in [0.1, 0.15) is 10.9 Å². The lowest BCUT2D eigenvalue weighted by molar-refractivity contribution is -0.123. The maximum atomic E-state index is 13.8. The third-order valence-corrected chi connectivity index (χ3v) is 6.64. The summed E-state index contributed by atoms with van der Waals surface area (Å²) in [4.78, 5) is 38.1. The van der Waals surface area contributed by atoms with Crippen molar-refractivity contribution in [1.82, 2.24) is 15.3 Å². The molecule has 4 rings (SSSR count). The Morgan fingerprint density at radius 2 is 1.74 bits per heavy atom. The molecular weight excluding hydrogens is 408 g/mol. The Balaban J connectivity index is 1.80. The van der Waals surface area contributed by atoms with E-state index in [4.69, 9.17) is 0 Å². The van der Waals surface area contributed by atoms with E-state index in [0.717, 1.165) is 36.3 Å². The summed E-state index contributed by atoms with van der Waals surface area (Å²) in [6.45, 7) is 3.72. The number of carbonyl (C=O) groups excluding carboxylic acids is 2. The molecule has 0 saturated heterocycles. The Labute approximate surface area is 186 Å². The van der Waals surface area contributed by atoms with E-state index >= 15 is 0 Å². The van der Waals surface area contributed by atoms with Crippen LogP contribution in [0.25, 0.3) is 0 Å². The first-order chi connectivity index (χ1) is 15.0. The van der Waals surface area contributed by atoms with Crippen LogP contribution in [-0.2, 0) is 4.79 Å². The van der Waals surface area contributed by atoms with Crippen molar-refractivity contribution in [3.05, 3.63) is 76.0 Å². The quantitative estimate of drug-likeness (QED) is 0.615. The number of para-hydroxylation sites is 1. The van der Waals surface area contributed by atoms with E-state index in [0.29, 0.717) is 16.3 Å². The highest BCUT2D eigenvalue weighted by molar-refractivity contribution is 7.13. The van der Waals surface area contributed by atoms with Gasteiger partial charge >= 0.3 is 0 Å². The fourth-order valence-corrected chi connectivity index (χ4v) is 4.98. The maximum Gasteiger partial charge on any atom is 0.271 e. The summed E-state index contributed by atoms with van der Waals surface area (Å²) >= 11 is 1.36. The third-order valence-electron chi connectivity index (χ3n) is 5.58. The number of pyridine rings is 1. The summed E-state index contributed by atoms with van der Waals surface area (Å²) in [6, 6.07) is 12.3. The number of hydrogen-bond donors (Lipinski definition) is 1. The van der Waals surface area contributed by atoms with Crippen LogP contribution in [-0.4, -0.2) is 27.8 Å². The Bertz CT molecular complexity index is 1050. The number of anilines is 1. The predicted octanol–water partition coefficient (Wildman–Crippen LogP) is 4.60. The van der Waals surface area contributed by atoms with Gasteiger partial charge in [0.05, 0.1) is 10.7 Å². The summed E-state index contributed by atoms with van der Waals surface area (Å²) in [5.41, 5.74) is 2.07. The molecule has 2 amide bonds. The van der Waals surface area contributed by atoms with Crippen molar-refractivity contribution < 1.29 is 9.59 Å². The Hall–Kier alpha value is -3.06. The van der Waals surface area contributed by atoms with Crippen LogP contribution in [0.3, 0.4) is 0 Å². The van der Waals surface area contributed by atoms with Gasteiger partial charge in [0.2, 0.25) is 5.91 Å². The van der Waals surface area contributed by atoms with Gasteiger partial charge < -0.3 is 5.32 Å². The van der Waals surface area contributed by atoms with Crippen LogP contribution in [0.2, 0.25) is 0 Å². The average molecular weight is 435 g/mol. The first-order valence-electron chi connectivity index (χ1n) is 10.6. The van der Waals surface area contributed by atoms with E-state index in [9.17, 15) is 9.59 Å². The van der Waals surface area contributed by atoms with Crippen LogP contribution in [0.4, 0.5) is 5.69 Å². The Morgan fingerprint density at radius 3 is 2.35 bits per heavy atom. The van der Waals surface area contributed by atoms with E-state index in [1.807, 2.05) is 44.2 Å². The van der Waals surface area contributed by atoms with Gasteiger partial charge in [-0.1, -0.05) is 31.0 Å². The molecule has 1 atom stereocenters. The molecular formula is C24H26N4O2S. The molecule has 0 aliphatic heterocycles. The molecule has 0 bridgehead atoms. The largest absolute Gasteiger partial charge is 0.351 e. The second kappa shape index (κ2) is 9.39. The fraction of sp³-hybridized carbons (Fsp3) is 0.333. The van der Waals surface area contributed by atoms with Gasteiger partial charge in [-0.2, -0.15) is 0 Å². The Morgan fingerprint density at radius 1 is 1.06 bits per heavy atom. The smallest absolute Gasteiger partial charge is 0.271 e. The molecule has 3 aromatic rings. The summed E-state index contributed by atoms with van der Waals surface area (Å²) in [5.74, 6) is -0.396. The molecule has 1 saturated carbocycles. The number of hydrogen-bond acceptors (Lipinski definition) is 5. The summed E-state index contributed by atoms with van der Waals surface area (Å²) < 4.78 is 0. The van der Waals surface area contributed by atoms with Gasteiger partial charge in [-0.15, -0.1) is 11.3 Å². The van der Waals surface area contributed by atoms with Crippen LogP contribution in [0, 0.1) is 13.8 Å². The van der Waals surface area contributed by atoms with Crippen LogP contribution in [0.1, 0.15) is 57.7 Å². The minimum Gasteiger partial charge on any atom is -0.351 e. The van der Waals surface area contributed by atoms with Crippen LogP contribution < -0.4 is 10.2 Å².